The SMILES string of the molecule is CC(C)(N)CC(=O)N[C@@H]1CCc2ccccc2N(CC2=CCC(c3ccccc3NC=O)CC2)C1=O. The van der Waals surface area contributed by atoms with Gasteiger partial charge in [0, 0.05) is 29.9 Å². The Hall–Kier alpha value is -3.45. The van der Waals surface area contributed by atoms with Crippen molar-refractivity contribution in [3.05, 3.63) is 71.3 Å². The molecule has 36 heavy (non-hydrogen) atoms. The minimum Gasteiger partial charge on any atom is -0.344 e. The topological polar surface area (TPSA) is 105 Å². The molecule has 4 N–H and O–H groups in total. The molecule has 1 aliphatic heterocycles. The number of aryl methyl sites for hydroxylation is 1. The van der Waals surface area contributed by atoms with E-state index in [0.717, 1.165) is 54.6 Å². The molecule has 0 fully saturated rings. The van der Waals surface area contributed by atoms with E-state index in [-0.39, 0.29) is 18.2 Å². The summed E-state index contributed by atoms with van der Waals surface area (Å²) in [7, 11) is 0. The molecule has 4 rings (SSSR count). The van der Waals surface area contributed by atoms with E-state index in [2.05, 4.69) is 28.8 Å². The van der Waals surface area contributed by atoms with Gasteiger partial charge in [-0.15, -0.1) is 0 Å². The predicted octanol–water partition coefficient (Wildman–Crippen LogP) is 4.04. The molecule has 0 aromatic heterocycles. The molecule has 7 heteroatoms. The van der Waals surface area contributed by atoms with Crippen molar-refractivity contribution < 1.29 is 14.4 Å². The standard InChI is InChI=1S/C29H36N4O3/c1-29(2,30)17-27(35)32-25-16-15-22-7-3-6-10-26(22)33(28(25)36)18-20-11-13-21(14-12-20)23-8-4-5-9-24(23)31-19-34/h3-11,19,21,25H,12-18,30H2,1-2H3,(H,31,34)(H,32,35)/t21?,25-/m1/s1. The lowest BCUT2D eigenvalue weighted by atomic mass is 9.83. The van der Waals surface area contributed by atoms with Crippen LogP contribution in [-0.2, 0) is 20.8 Å². The van der Waals surface area contributed by atoms with Gasteiger partial charge in [-0.2, -0.15) is 0 Å². The number of nitrogens with two attached hydrogens (primary N) is 1. The Kier molecular flexibility index (Phi) is 7.89. The van der Waals surface area contributed by atoms with Crippen molar-refractivity contribution in [3.8, 4) is 0 Å². The number of allylic oxidation sites excluding steroid dienone is 1. The van der Waals surface area contributed by atoms with Gasteiger partial charge in [0.15, 0.2) is 0 Å². The summed E-state index contributed by atoms with van der Waals surface area (Å²) in [5, 5.41) is 5.76. The van der Waals surface area contributed by atoms with Crippen LogP contribution in [0, 0.1) is 0 Å². The van der Waals surface area contributed by atoms with Crippen LogP contribution in [0.25, 0.3) is 0 Å². The molecule has 1 heterocycles. The highest BCUT2D eigenvalue weighted by molar-refractivity contribution is 6.00. The zero-order valence-corrected chi connectivity index (χ0v) is 21.1. The van der Waals surface area contributed by atoms with Gasteiger partial charge < -0.3 is 21.3 Å². The molecule has 1 aliphatic carbocycles. The number of carbonyl (C=O) groups is 3. The van der Waals surface area contributed by atoms with Crippen molar-refractivity contribution in [1.29, 1.82) is 0 Å². The van der Waals surface area contributed by atoms with E-state index in [1.54, 1.807) is 13.8 Å². The molecule has 0 saturated carbocycles. The quantitative estimate of drug-likeness (QED) is 0.385. The molecule has 0 bridgehead atoms. The van der Waals surface area contributed by atoms with Crippen molar-refractivity contribution in [2.75, 3.05) is 16.8 Å². The highest BCUT2D eigenvalue weighted by Crippen LogP contribution is 2.37. The molecule has 2 aromatic rings. The summed E-state index contributed by atoms with van der Waals surface area (Å²) in [5.74, 6) is 0.0388. The number of para-hydroxylation sites is 2. The van der Waals surface area contributed by atoms with Gasteiger partial charge in [0.1, 0.15) is 6.04 Å². The summed E-state index contributed by atoms with van der Waals surface area (Å²) >= 11 is 0. The second-order valence-electron chi connectivity index (χ2n) is 10.6. The van der Waals surface area contributed by atoms with Crippen LogP contribution < -0.4 is 21.3 Å². The fraction of sp³-hybridized carbons (Fsp3) is 0.414. The van der Waals surface area contributed by atoms with Crippen LogP contribution in [0.5, 0.6) is 0 Å². The van der Waals surface area contributed by atoms with Gasteiger partial charge in [-0.1, -0.05) is 48.0 Å². The summed E-state index contributed by atoms with van der Waals surface area (Å²) in [6, 6.07) is 15.3. The highest BCUT2D eigenvalue weighted by Gasteiger charge is 2.33. The largest absolute Gasteiger partial charge is 0.344 e. The fourth-order valence-corrected chi connectivity index (χ4v) is 5.24. The third kappa shape index (κ3) is 6.21. The van der Waals surface area contributed by atoms with Crippen molar-refractivity contribution in [2.24, 2.45) is 5.73 Å². The lowest BCUT2D eigenvalue weighted by molar-refractivity contribution is -0.128. The number of amides is 3. The third-order valence-electron chi connectivity index (χ3n) is 6.98. The van der Waals surface area contributed by atoms with E-state index >= 15 is 0 Å². The monoisotopic (exact) mass is 488 g/mol. The van der Waals surface area contributed by atoms with Crippen molar-refractivity contribution >= 4 is 29.6 Å². The van der Waals surface area contributed by atoms with Gasteiger partial charge in [-0.3, -0.25) is 14.4 Å². The van der Waals surface area contributed by atoms with Crippen molar-refractivity contribution in [2.45, 2.75) is 69.9 Å². The molecule has 190 valence electrons. The molecule has 2 aliphatic rings. The maximum atomic E-state index is 13.7. The molecule has 0 spiro atoms. The second kappa shape index (κ2) is 11.1. The molecule has 3 amide bonds. The van der Waals surface area contributed by atoms with Gasteiger partial charge in [-0.25, -0.2) is 0 Å². The summed E-state index contributed by atoms with van der Waals surface area (Å²) < 4.78 is 0. The molecule has 2 atom stereocenters. The van der Waals surface area contributed by atoms with Gasteiger partial charge in [0.25, 0.3) is 0 Å². The Bertz CT molecular complexity index is 1150. The van der Waals surface area contributed by atoms with Crippen LogP contribution in [0.3, 0.4) is 0 Å². The van der Waals surface area contributed by atoms with E-state index in [1.807, 2.05) is 41.3 Å². The number of anilines is 2. The number of rotatable bonds is 8. The first kappa shape index (κ1) is 25.6. The van der Waals surface area contributed by atoms with E-state index in [9.17, 15) is 14.4 Å². The van der Waals surface area contributed by atoms with Gasteiger partial charge >= 0.3 is 0 Å². The van der Waals surface area contributed by atoms with Gasteiger partial charge in [0.2, 0.25) is 18.2 Å². The number of hydrogen-bond donors (Lipinski definition) is 3. The minimum atomic E-state index is -0.635. The molecule has 7 nitrogen and oxygen atoms in total. The second-order valence-corrected chi connectivity index (χ2v) is 10.6. The van der Waals surface area contributed by atoms with E-state index in [1.165, 1.54) is 5.57 Å². The van der Waals surface area contributed by atoms with E-state index in [0.29, 0.717) is 18.9 Å². The maximum absolute atomic E-state index is 13.7. The lowest BCUT2D eigenvalue weighted by Gasteiger charge is -2.30. The first-order valence-electron chi connectivity index (χ1n) is 12.7. The number of nitrogens with one attached hydrogen (secondary N) is 2. The average molecular weight is 489 g/mol. The minimum absolute atomic E-state index is 0.0771. The fourth-order valence-electron chi connectivity index (χ4n) is 5.24. The summed E-state index contributed by atoms with van der Waals surface area (Å²) in [4.78, 5) is 39.1. The van der Waals surface area contributed by atoms with Crippen LogP contribution in [-0.4, -0.2) is 36.3 Å². The van der Waals surface area contributed by atoms with Crippen molar-refractivity contribution in [1.82, 2.24) is 5.32 Å². The van der Waals surface area contributed by atoms with Crippen LogP contribution in [0.1, 0.15) is 63.0 Å². The number of hydrogen-bond acceptors (Lipinski definition) is 4. The predicted molar refractivity (Wildman–Crippen MR) is 143 cm³/mol. The summed E-state index contributed by atoms with van der Waals surface area (Å²) in [6.45, 7) is 4.12. The smallest absolute Gasteiger partial charge is 0.249 e. The van der Waals surface area contributed by atoms with E-state index < -0.39 is 11.6 Å². The number of fused-ring (bicyclic) bond motifs is 1. The average Bonchev–Trinajstić information content (AvgIpc) is 2.96. The van der Waals surface area contributed by atoms with Crippen LogP contribution in [0.2, 0.25) is 0 Å². The first-order valence-corrected chi connectivity index (χ1v) is 12.7. The Labute approximate surface area is 213 Å². The van der Waals surface area contributed by atoms with Gasteiger partial charge in [-0.05, 0) is 75.1 Å². The van der Waals surface area contributed by atoms with Crippen molar-refractivity contribution in [3.63, 3.8) is 0 Å². The zero-order chi connectivity index (χ0) is 25.7. The molecule has 0 radical (unpaired) electrons. The van der Waals surface area contributed by atoms with Crippen LogP contribution in [0.4, 0.5) is 11.4 Å². The molecular weight excluding hydrogens is 452 g/mol. The third-order valence-corrected chi connectivity index (χ3v) is 6.98. The van der Waals surface area contributed by atoms with Crippen LogP contribution >= 0.6 is 0 Å². The lowest BCUT2D eigenvalue weighted by Crippen LogP contribution is -2.50. The van der Waals surface area contributed by atoms with Gasteiger partial charge in [0.05, 0.1) is 0 Å². The highest BCUT2D eigenvalue weighted by atomic mass is 16.2. The Morgan fingerprint density at radius 1 is 1.11 bits per heavy atom. The molecule has 0 saturated heterocycles. The Morgan fingerprint density at radius 2 is 1.86 bits per heavy atom. The number of benzene rings is 2. The molecule has 1 unspecified atom stereocenters. The van der Waals surface area contributed by atoms with E-state index in [4.69, 9.17) is 5.73 Å². The van der Waals surface area contributed by atoms with Crippen LogP contribution in [0.15, 0.2) is 60.2 Å². The first-order chi connectivity index (χ1) is 17.2. The Morgan fingerprint density at radius 3 is 2.58 bits per heavy atom. The Balaban J connectivity index is 1.52. The molecule has 2 aromatic carbocycles. The summed E-state index contributed by atoms with van der Waals surface area (Å²) in [5.41, 5.74) is 10.6. The number of nitrogens with zero attached hydrogens (tertiary/aromatic N) is 1. The summed E-state index contributed by atoms with van der Waals surface area (Å²) in [6.07, 6.45) is 7.05. The number of carbonyl (C=O) groups excluding carboxylic acids is 3. The zero-order valence-electron chi connectivity index (χ0n) is 21.1. The maximum Gasteiger partial charge on any atom is 0.249 e. The normalized spacial score (nSPS) is 20.1. The molecular formula is C29H36N4O3.